The smallest absolute Gasteiger partial charge is 0.376 e. The molecule has 8 heteroatoms. The van der Waals surface area contributed by atoms with E-state index in [9.17, 15) is 14.0 Å². The van der Waals surface area contributed by atoms with Gasteiger partial charge in [-0.1, -0.05) is 24.3 Å². The van der Waals surface area contributed by atoms with Gasteiger partial charge in [0.2, 0.25) is 11.7 Å². The Bertz CT molecular complexity index is 992. The first-order valence-corrected chi connectivity index (χ1v) is 8.64. The van der Waals surface area contributed by atoms with Crippen LogP contribution < -0.4 is 10.1 Å². The minimum absolute atomic E-state index is 0.116. The van der Waals surface area contributed by atoms with Crippen molar-refractivity contribution in [3.05, 3.63) is 65.7 Å². The quantitative estimate of drug-likeness (QED) is 0.631. The summed E-state index contributed by atoms with van der Waals surface area (Å²) in [4.78, 5) is 32.3. The summed E-state index contributed by atoms with van der Waals surface area (Å²) in [7, 11) is 0. The van der Waals surface area contributed by atoms with Crippen LogP contribution in [0.1, 0.15) is 23.1 Å². The van der Waals surface area contributed by atoms with Gasteiger partial charge in [-0.15, -0.1) is 0 Å². The van der Waals surface area contributed by atoms with Crippen molar-refractivity contribution in [1.82, 2.24) is 15.3 Å². The van der Waals surface area contributed by atoms with Crippen LogP contribution in [-0.4, -0.2) is 35.1 Å². The molecule has 0 spiro atoms. The van der Waals surface area contributed by atoms with E-state index >= 15 is 0 Å². The molecular formula is C20H18FN3O4. The highest BCUT2D eigenvalue weighted by atomic mass is 19.1. The molecule has 3 rings (SSSR count). The van der Waals surface area contributed by atoms with E-state index in [0.717, 1.165) is 5.56 Å². The number of halogens is 1. The van der Waals surface area contributed by atoms with E-state index in [2.05, 4.69) is 15.3 Å². The Morgan fingerprint density at radius 1 is 1.07 bits per heavy atom. The summed E-state index contributed by atoms with van der Waals surface area (Å²) in [6.45, 7) is 1.81. The molecule has 2 aromatic carbocycles. The molecule has 1 amide bonds. The Hall–Kier alpha value is -3.55. The number of carbonyl (C=O) groups excluding carboxylic acids is 2. The van der Waals surface area contributed by atoms with Crippen molar-refractivity contribution in [2.45, 2.75) is 13.5 Å². The molecule has 3 aromatic rings. The molecule has 28 heavy (non-hydrogen) atoms. The number of carbonyl (C=O) groups is 2. The highest BCUT2D eigenvalue weighted by Gasteiger charge is 2.16. The number of rotatable bonds is 7. The third-order valence-corrected chi connectivity index (χ3v) is 3.77. The first-order valence-electron chi connectivity index (χ1n) is 8.64. The lowest BCUT2D eigenvalue weighted by atomic mass is 10.2. The predicted molar refractivity (Wildman–Crippen MR) is 99.2 cm³/mol. The van der Waals surface area contributed by atoms with E-state index in [1.165, 1.54) is 12.1 Å². The molecular weight excluding hydrogens is 365 g/mol. The zero-order chi connectivity index (χ0) is 19.9. The SMILES string of the molecule is CCOC(=O)c1nc(OCC(=O)NCc2ccc(F)cc2)c2ccccc2n1. The standard InChI is InChI=1S/C20H18FN3O4/c1-2-27-20(26)18-23-16-6-4-3-5-15(16)19(24-18)28-12-17(25)22-11-13-7-9-14(21)10-8-13/h3-10H,2,11-12H2,1H3,(H,22,25). The van der Waals surface area contributed by atoms with Crippen LogP contribution in [0.2, 0.25) is 0 Å². The Morgan fingerprint density at radius 3 is 2.57 bits per heavy atom. The topological polar surface area (TPSA) is 90.4 Å². The van der Waals surface area contributed by atoms with E-state index in [1.54, 1.807) is 43.3 Å². The third-order valence-electron chi connectivity index (χ3n) is 3.77. The minimum atomic E-state index is -0.668. The van der Waals surface area contributed by atoms with E-state index in [4.69, 9.17) is 9.47 Å². The predicted octanol–water partition coefficient (Wildman–Crippen LogP) is 2.64. The zero-order valence-corrected chi connectivity index (χ0v) is 15.1. The molecule has 0 aliphatic carbocycles. The fraction of sp³-hybridized carbons (Fsp3) is 0.200. The van der Waals surface area contributed by atoms with E-state index in [-0.39, 0.29) is 43.2 Å². The Balaban J connectivity index is 1.69. The first-order chi connectivity index (χ1) is 13.6. The van der Waals surface area contributed by atoms with Crippen molar-refractivity contribution < 1.29 is 23.5 Å². The lowest BCUT2D eigenvalue weighted by Gasteiger charge is -2.10. The van der Waals surface area contributed by atoms with Gasteiger partial charge in [0, 0.05) is 6.54 Å². The number of esters is 1. The summed E-state index contributed by atoms with van der Waals surface area (Å²) in [5.74, 6) is -1.41. The number of benzene rings is 2. The Labute approximate surface area is 160 Å². The fourth-order valence-electron chi connectivity index (χ4n) is 2.43. The van der Waals surface area contributed by atoms with Crippen LogP contribution in [-0.2, 0) is 16.1 Å². The molecule has 1 aromatic heterocycles. The first kappa shape index (κ1) is 19.2. The van der Waals surface area contributed by atoms with Crippen LogP contribution in [0.4, 0.5) is 4.39 Å². The lowest BCUT2D eigenvalue weighted by molar-refractivity contribution is -0.123. The number of amides is 1. The number of aromatic nitrogens is 2. The molecule has 7 nitrogen and oxygen atoms in total. The molecule has 0 aliphatic rings. The number of ether oxygens (including phenoxy) is 2. The van der Waals surface area contributed by atoms with Gasteiger partial charge in [0.05, 0.1) is 17.5 Å². The number of hydrogen-bond donors (Lipinski definition) is 1. The van der Waals surface area contributed by atoms with Gasteiger partial charge in [0.1, 0.15) is 5.82 Å². The highest BCUT2D eigenvalue weighted by Crippen LogP contribution is 2.22. The van der Waals surface area contributed by atoms with Crippen molar-refractivity contribution in [2.24, 2.45) is 0 Å². The van der Waals surface area contributed by atoms with Crippen LogP contribution in [0.3, 0.4) is 0 Å². The summed E-state index contributed by atoms with van der Waals surface area (Å²) >= 11 is 0. The number of para-hydroxylation sites is 1. The molecule has 0 saturated heterocycles. The van der Waals surface area contributed by atoms with Gasteiger partial charge in [-0.2, -0.15) is 4.98 Å². The average molecular weight is 383 g/mol. The summed E-state index contributed by atoms with van der Waals surface area (Å²) in [5.41, 5.74) is 1.26. The molecule has 0 unspecified atom stereocenters. The average Bonchev–Trinajstić information content (AvgIpc) is 2.71. The fourth-order valence-corrected chi connectivity index (χ4v) is 2.43. The van der Waals surface area contributed by atoms with Crippen LogP contribution >= 0.6 is 0 Å². The van der Waals surface area contributed by atoms with Gasteiger partial charge in [0.15, 0.2) is 6.61 Å². The number of fused-ring (bicyclic) bond motifs is 1. The van der Waals surface area contributed by atoms with Crippen LogP contribution in [0.15, 0.2) is 48.5 Å². The lowest BCUT2D eigenvalue weighted by Crippen LogP contribution is -2.28. The van der Waals surface area contributed by atoms with Crippen LogP contribution in [0, 0.1) is 5.82 Å². The maximum absolute atomic E-state index is 12.9. The molecule has 0 radical (unpaired) electrons. The number of nitrogens with one attached hydrogen (secondary N) is 1. The molecule has 0 saturated carbocycles. The van der Waals surface area contributed by atoms with Gasteiger partial charge in [0.25, 0.3) is 5.91 Å². The normalized spacial score (nSPS) is 10.5. The molecule has 144 valence electrons. The van der Waals surface area contributed by atoms with Crippen LogP contribution in [0.25, 0.3) is 10.9 Å². The van der Waals surface area contributed by atoms with Gasteiger partial charge in [-0.25, -0.2) is 14.2 Å². The Morgan fingerprint density at radius 2 is 1.82 bits per heavy atom. The number of nitrogens with zero attached hydrogens (tertiary/aromatic N) is 2. The van der Waals surface area contributed by atoms with Crippen molar-refractivity contribution >= 4 is 22.8 Å². The minimum Gasteiger partial charge on any atom is -0.467 e. The zero-order valence-electron chi connectivity index (χ0n) is 15.1. The molecule has 1 N–H and O–H groups in total. The van der Waals surface area contributed by atoms with Gasteiger partial charge in [-0.05, 0) is 36.8 Å². The Kier molecular flexibility index (Phi) is 6.11. The van der Waals surface area contributed by atoms with Crippen molar-refractivity contribution in [3.63, 3.8) is 0 Å². The van der Waals surface area contributed by atoms with Gasteiger partial charge >= 0.3 is 5.97 Å². The second kappa shape index (κ2) is 8.90. The second-order valence-electron chi connectivity index (χ2n) is 5.78. The summed E-state index contributed by atoms with van der Waals surface area (Å²) < 4.78 is 23.4. The van der Waals surface area contributed by atoms with E-state index < -0.39 is 5.97 Å². The summed E-state index contributed by atoms with van der Waals surface area (Å²) in [6, 6.07) is 12.8. The highest BCUT2D eigenvalue weighted by molar-refractivity contribution is 5.91. The van der Waals surface area contributed by atoms with Gasteiger partial charge < -0.3 is 14.8 Å². The molecule has 0 atom stereocenters. The van der Waals surface area contributed by atoms with Crippen molar-refractivity contribution in [1.29, 1.82) is 0 Å². The third kappa shape index (κ3) is 4.79. The summed E-state index contributed by atoms with van der Waals surface area (Å²) in [6.07, 6.45) is 0. The monoisotopic (exact) mass is 383 g/mol. The van der Waals surface area contributed by atoms with Crippen LogP contribution in [0.5, 0.6) is 5.88 Å². The molecule has 1 heterocycles. The largest absolute Gasteiger partial charge is 0.467 e. The second-order valence-corrected chi connectivity index (χ2v) is 5.78. The maximum atomic E-state index is 12.9. The van der Waals surface area contributed by atoms with E-state index in [0.29, 0.717) is 10.9 Å². The van der Waals surface area contributed by atoms with Crippen molar-refractivity contribution in [3.8, 4) is 5.88 Å². The molecule has 0 bridgehead atoms. The van der Waals surface area contributed by atoms with E-state index in [1.807, 2.05) is 0 Å². The number of hydrogen-bond acceptors (Lipinski definition) is 6. The molecule has 0 aliphatic heterocycles. The van der Waals surface area contributed by atoms with Crippen molar-refractivity contribution in [2.75, 3.05) is 13.2 Å². The van der Waals surface area contributed by atoms with Gasteiger partial charge in [-0.3, -0.25) is 4.79 Å². The molecule has 0 fully saturated rings. The summed E-state index contributed by atoms with van der Waals surface area (Å²) in [5, 5.41) is 3.24. The maximum Gasteiger partial charge on any atom is 0.376 e.